The molecule has 0 aliphatic carbocycles. The van der Waals surface area contributed by atoms with Gasteiger partial charge in [-0.25, -0.2) is 0 Å². The minimum Gasteiger partial charge on any atom is -0.427 e. The molecule has 1 aromatic heterocycles. The molecule has 3 heteroatoms. The minimum absolute atomic E-state index is 0.280. The molecular weight excluding hydrogens is 196 g/mol. The van der Waals surface area contributed by atoms with Crippen LogP contribution in [0.1, 0.15) is 12.5 Å². The molecule has 0 aliphatic rings. The molecule has 0 radical (unpaired) electrons. The summed E-state index contributed by atoms with van der Waals surface area (Å²) in [6.07, 6.45) is 0. The van der Waals surface area contributed by atoms with E-state index in [0.29, 0.717) is 5.75 Å². The average Bonchev–Trinajstić information content (AvgIpc) is 2.47. The molecule has 0 unspecified atom stereocenters. The number of hydrogen-bond donors (Lipinski definition) is 0. The summed E-state index contributed by atoms with van der Waals surface area (Å²) >= 11 is 1.70. The van der Waals surface area contributed by atoms with Gasteiger partial charge in [-0.2, -0.15) is 0 Å². The summed E-state index contributed by atoms with van der Waals surface area (Å²) < 4.78 is 6.23. The van der Waals surface area contributed by atoms with Gasteiger partial charge in [-0.3, -0.25) is 4.79 Å². The maximum Gasteiger partial charge on any atom is 0.308 e. The van der Waals surface area contributed by atoms with E-state index in [2.05, 4.69) is 12.3 Å². The molecule has 72 valence electrons. The van der Waals surface area contributed by atoms with Crippen LogP contribution in [0, 0.1) is 6.92 Å². The first-order valence-corrected chi connectivity index (χ1v) is 5.21. The number of hydrogen-bond acceptors (Lipinski definition) is 3. The molecule has 2 aromatic rings. The molecule has 0 amide bonds. The molecule has 1 aromatic carbocycles. The molecule has 0 bridgehead atoms. The van der Waals surface area contributed by atoms with Gasteiger partial charge in [-0.1, -0.05) is 0 Å². The second-order valence-corrected chi connectivity index (χ2v) is 4.08. The number of rotatable bonds is 1. The molecule has 0 spiro atoms. The Kier molecular flexibility index (Phi) is 2.25. The first-order valence-electron chi connectivity index (χ1n) is 4.33. The number of esters is 1. The van der Waals surface area contributed by atoms with E-state index in [-0.39, 0.29) is 5.97 Å². The maximum atomic E-state index is 10.8. The predicted octanol–water partition coefficient (Wildman–Crippen LogP) is 3.14. The van der Waals surface area contributed by atoms with Gasteiger partial charge in [0.1, 0.15) is 5.75 Å². The van der Waals surface area contributed by atoms with Crippen molar-refractivity contribution in [1.29, 1.82) is 0 Å². The van der Waals surface area contributed by atoms with Gasteiger partial charge in [0.2, 0.25) is 0 Å². The van der Waals surface area contributed by atoms with Crippen molar-refractivity contribution in [2.75, 3.05) is 0 Å². The fourth-order valence-corrected chi connectivity index (χ4v) is 2.29. The number of fused-ring (bicyclic) bond motifs is 1. The lowest BCUT2D eigenvalue weighted by atomic mass is 10.2. The zero-order valence-electron chi connectivity index (χ0n) is 8.03. The van der Waals surface area contributed by atoms with Crippen molar-refractivity contribution in [1.82, 2.24) is 0 Å². The van der Waals surface area contributed by atoms with Crippen molar-refractivity contribution >= 4 is 27.4 Å². The van der Waals surface area contributed by atoms with Crippen molar-refractivity contribution in [2.45, 2.75) is 13.8 Å². The average molecular weight is 206 g/mol. The highest BCUT2D eigenvalue weighted by Crippen LogP contribution is 2.28. The van der Waals surface area contributed by atoms with E-state index in [1.54, 1.807) is 11.3 Å². The second kappa shape index (κ2) is 3.42. The first kappa shape index (κ1) is 9.21. The molecular formula is C11H10O2S. The van der Waals surface area contributed by atoms with Gasteiger partial charge < -0.3 is 4.74 Å². The summed E-state index contributed by atoms with van der Waals surface area (Å²) in [5.74, 6) is 0.337. The quantitative estimate of drug-likeness (QED) is 0.529. The minimum atomic E-state index is -0.280. The Balaban J connectivity index is 2.49. The normalized spacial score (nSPS) is 10.4. The fraction of sp³-hybridized carbons (Fsp3) is 0.182. The summed E-state index contributed by atoms with van der Waals surface area (Å²) in [5.41, 5.74) is 1.22. The highest BCUT2D eigenvalue weighted by atomic mass is 32.1. The van der Waals surface area contributed by atoms with E-state index >= 15 is 0 Å². The Morgan fingerprint density at radius 1 is 1.43 bits per heavy atom. The third-order valence-corrected chi connectivity index (χ3v) is 3.08. The van der Waals surface area contributed by atoms with Crippen LogP contribution in [-0.2, 0) is 4.79 Å². The number of aryl methyl sites for hydroxylation is 1. The molecule has 0 N–H and O–H groups in total. The van der Waals surface area contributed by atoms with Gasteiger partial charge in [0.25, 0.3) is 0 Å². The molecule has 0 aliphatic heterocycles. The molecule has 0 atom stereocenters. The van der Waals surface area contributed by atoms with Gasteiger partial charge in [-0.05, 0) is 41.5 Å². The third-order valence-electron chi connectivity index (χ3n) is 2.00. The summed E-state index contributed by atoms with van der Waals surface area (Å²) in [6, 6.07) is 5.70. The Morgan fingerprint density at radius 2 is 2.21 bits per heavy atom. The van der Waals surface area contributed by atoms with Gasteiger partial charge >= 0.3 is 5.97 Å². The topological polar surface area (TPSA) is 26.3 Å². The molecule has 1 heterocycles. The zero-order chi connectivity index (χ0) is 10.1. The van der Waals surface area contributed by atoms with Crippen molar-refractivity contribution in [3.05, 3.63) is 29.1 Å². The highest BCUT2D eigenvalue weighted by molar-refractivity contribution is 7.17. The number of thiophene rings is 1. The summed E-state index contributed by atoms with van der Waals surface area (Å²) in [4.78, 5) is 10.8. The Morgan fingerprint density at radius 3 is 2.93 bits per heavy atom. The van der Waals surface area contributed by atoms with E-state index < -0.39 is 0 Å². The lowest BCUT2D eigenvalue weighted by Crippen LogP contribution is -2.00. The predicted molar refractivity (Wildman–Crippen MR) is 57.9 cm³/mol. The van der Waals surface area contributed by atoms with E-state index in [0.717, 1.165) is 5.39 Å². The van der Waals surface area contributed by atoms with Crippen LogP contribution in [0.4, 0.5) is 0 Å². The first-order chi connectivity index (χ1) is 6.66. The smallest absolute Gasteiger partial charge is 0.308 e. The van der Waals surface area contributed by atoms with Crippen molar-refractivity contribution in [2.24, 2.45) is 0 Å². The maximum absolute atomic E-state index is 10.8. The number of benzene rings is 1. The molecule has 14 heavy (non-hydrogen) atoms. The van der Waals surface area contributed by atoms with Crippen LogP contribution in [0.5, 0.6) is 5.75 Å². The van der Waals surface area contributed by atoms with Gasteiger partial charge in [0, 0.05) is 11.6 Å². The van der Waals surface area contributed by atoms with Crippen LogP contribution in [0.3, 0.4) is 0 Å². The van der Waals surface area contributed by atoms with Crippen molar-refractivity contribution in [3.63, 3.8) is 0 Å². The largest absolute Gasteiger partial charge is 0.427 e. The SMILES string of the molecule is CC(=O)Oc1ccc2scc(C)c2c1. The van der Waals surface area contributed by atoms with Crippen LogP contribution in [0.2, 0.25) is 0 Å². The lowest BCUT2D eigenvalue weighted by Gasteiger charge is -2.00. The van der Waals surface area contributed by atoms with Crippen LogP contribution >= 0.6 is 11.3 Å². The number of carbonyl (C=O) groups is 1. The monoisotopic (exact) mass is 206 g/mol. The molecule has 0 saturated carbocycles. The standard InChI is InChI=1S/C11H10O2S/c1-7-6-14-11-4-3-9(5-10(7)11)13-8(2)12/h3-6H,1-2H3. The summed E-state index contributed by atoms with van der Waals surface area (Å²) in [5, 5.41) is 3.26. The molecule has 2 nitrogen and oxygen atoms in total. The number of carbonyl (C=O) groups excluding carboxylic acids is 1. The second-order valence-electron chi connectivity index (χ2n) is 3.17. The van der Waals surface area contributed by atoms with E-state index in [1.165, 1.54) is 17.2 Å². The van der Waals surface area contributed by atoms with E-state index in [9.17, 15) is 4.79 Å². The summed E-state index contributed by atoms with van der Waals surface area (Å²) in [7, 11) is 0. The Labute approximate surface area is 86.1 Å². The summed E-state index contributed by atoms with van der Waals surface area (Å²) in [6.45, 7) is 3.46. The van der Waals surface area contributed by atoms with Crippen LogP contribution in [0.15, 0.2) is 23.6 Å². The molecule has 0 fully saturated rings. The molecule has 0 saturated heterocycles. The van der Waals surface area contributed by atoms with Crippen molar-refractivity contribution in [3.8, 4) is 5.75 Å². The van der Waals surface area contributed by atoms with Gasteiger partial charge in [0.05, 0.1) is 0 Å². The van der Waals surface area contributed by atoms with Gasteiger partial charge in [0.15, 0.2) is 0 Å². The Bertz CT molecular complexity index is 485. The van der Waals surface area contributed by atoms with Crippen LogP contribution in [0.25, 0.3) is 10.1 Å². The molecule has 2 rings (SSSR count). The van der Waals surface area contributed by atoms with E-state index in [1.807, 2.05) is 18.2 Å². The van der Waals surface area contributed by atoms with Crippen LogP contribution < -0.4 is 4.74 Å². The highest BCUT2D eigenvalue weighted by Gasteiger charge is 2.03. The Hall–Kier alpha value is -1.35. The van der Waals surface area contributed by atoms with Gasteiger partial charge in [-0.15, -0.1) is 11.3 Å². The zero-order valence-corrected chi connectivity index (χ0v) is 8.85. The lowest BCUT2D eigenvalue weighted by molar-refractivity contribution is -0.131. The van der Waals surface area contributed by atoms with Crippen molar-refractivity contribution < 1.29 is 9.53 Å². The third kappa shape index (κ3) is 1.63. The van der Waals surface area contributed by atoms with E-state index in [4.69, 9.17) is 4.74 Å². The number of ether oxygens (including phenoxy) is 1. The van der Waals surface area contributed by atoms with Crippen LogP contribution in [-0.4, -0.2) is 5.97 Å². The fourth-order valence-electron chi connectivity index (χ4n) is 1.36.